The van der Waals surface area contributed by atoms with E-state index in [4.69, 9.17) is 5.26 Å². The highest BCUT2D eigenvalue weighted by Gasteiger charge is 2.08. The van der Waals surface area contributed by atoms with Crippen LogP contribution in [-0.4, -0.2) is 11.8 Å². The highest BCUT2D eigenvalue weighted by molar-refractivity contribution is 6.05. The standard InChI is InChI=1S/C17H15N3O2/c1-12-5-7-14(8-6-12)20-17(22)13-3-2-4-15(11-13)19-16(21)9-10-18/h2-8,11H,9H2,1H3,(H,19,21)(H,20,22). The van der Waals surface area contributed by atoms with Gasteiger partial charge in [-0.2, -0.15) is 5.26 Å². The molecule has 0 aliphatic rings. The lowest BCUT2D eigenvalue weighted by molar-refractivity contribution is -0.115. The van der Waals surface area contributed by atoms with E-state index in [0.717, 1.165) is 5.56 Å². The first-order valence-electron chi connectivity index (χ1n) is 6.73. The van der Waals surface area contributed by atoms with Gasteiger partial charge in [-0.1, -0.05) is 23.8 Å². The molecule has 0 fully saturated rings. The molecule has 0 aliphatic heterocycles. The first kappa shape index (κ1) is 15.3. The number of amides is 2. The third-order valence-corrected chi connectivity index (χ3v) is 2.96. The SMILES string of the molecule is Cc1ccc(NC(=O)c2cccc(NC(=O)CC#N)c2)cc1. The smallest absolute Gasteiger partial charge is 0.255 e. The van der Waals surface area contributed by atoms with Gasteiger partial charge in [-0.3, -0.25) is 9.59 Å². The maximum absolute atomic E-state index is 12.2. The molecule has 110 valence electrons. The van der Waals surface area contributed by atoms with E-state index >= 15 is 0 Å². The summed E-state index contributed by atoms with van der Waals surface area (Å²) in [6.07, 6.45) is -0.222. The van der Waals surface area contributed by atoms with Crippen LogP contribution in [0.25, 0.3) is 0 Å². The van der Waals surface area contributed by atoms with E-state index in [-0.39, 0.29) is 12.3 Å². The quantitative estimate of drug-likeness (QED) is 0.908. The van der Waals surface area contributed by atoms with E-state index in [1.54, 1.807) is 30.3 Å². The second-order valence-electron chi connectivity index (χ2n) is 4.78. The molecule has 2 aromatic rings. The number of aryl methyl sites for hydroxylation is 1. The average molecular weight is 293 g/mol. The summed E-state index contributed by atoms with van der Waals surface area (Å²) in [5.41, 5.74) is 2.72. The molecule has 0 aromatic heterocycles. The fourth-order valence-corrected chi connectivity index (χ4v) is 1.86. The maximum Gasteiger partial charge on any atom is 0.255 e. The molecule has 5 nitrogen and oxygen atoms in total. The number of rotatable bonds is 4. The van der Waals surface area contributed by atoms with E-state index in [1.165, 1.54) is 0 Å². The first-order chi connectivity index (χ1) is 10.6. The minimum absolute atomic E-state index is 0.222. The Hall–Kier alpha value is -3.13. The number of nitrogens with zero attached hydrogens (tertiary/aromatic N) is 1. The van der Waals surface area contributed by atoms with Crippen LogP contribution >= 0.6 is 0 Å². The molecule has 22 heavy (non-hydrogen) atoms. The highest BCUT2D eigenvalue weighted by atomic mass is 16.2. The largest absolute Gasteiger partial charge is 0.325 e. The van der Waals surface area contributed by atoms with E-state index in [2.05, 4.69) is 10.6 Å². The monoisotopic (exact) mass is 293 g/mol. The molecule has 2 amide bonds. The van der Waals surface area contributed by atoms with Gasteiger partial charge in [0.05, 0.1) is 6.07 Å². The lowest BCUT2D eigenvalue weighted by Crippen LogP contribution is -2.14. The van der Waals surface area contributed by atoms with Crippen LogP contribution in [0, 0.1) is 18.3 Å². The maximum atomic E-state index is 12.2. The van der Waals surface area contributed by atoms with E-state index in [0.29, 0.717) is 16.9 Å². The number of hydrogen-bond acceptors (Lipinski definition) is 3. The Balaban J connectivity index is 2.08. The summed E-state index contributed by atoms with van der Waals surface area (Å²) >= 11 is 0. The normalized spacial score (nSPS) is 9.64. The lowest BCUT2D eigenvalue weighted by Gasteiger charge is -2.08. The summed E-state index contributed by atoms with van der Waals surface area (Å²) in [4.78, 5) is 23.6. The predicted octanol–water partition coefficient (Wildman–Crippen LogP) is 3.10. The number of hydrogen-bond donors (Lipinski definition) is 2. The molecule has 0 unspecified atom stereocenters. The number of carbonyl (C=O) groups is 2. The minimum Gasteiger partial charge on any atom is -0.325 e. The van der Waals surface area contributed by atoms with Crippen molar-refractivity contribution in [2.75, 3.05) is 10.6 Å². The zero-order valence-corrected chi connectivity index (χ0v) is 12.1. The van der Waals surface area contributed by atoms with Crippen molar-refractivity contribution in [1.82, 2.24) is 0 Å². The molecule has 5 heteroatoms. The molecule has 0 spiro atoms. The molecule has 0 saturated heterocycles. The van der Waals surface area contributed by atoms with Crippen LogP contribution in [0.2, 0.25) is 0 Å². The molecule has 0 saturated carbocycles. The van der Waals surface area contributed by atoms with Crippen molar-refractivity contribution in [2.45, 2.75) is 13.3 Å². The number of benzene rings is 2. The zero-order valence-electron chi connectivity index (χ0n) is 12.1. The third-order valence-electron chi connectivity index (χ3n) is 2.96. The Labute approximate surface area is 128 Å². The van der Waals surface area contributed by atoms with Gasteiger partial charge in [0.25, 0.3) is 5.91 Å². The Morgan fingerprint density at radius 3 is 2.45 bits per heavy atom. The topological polar surface area (TPSA) is 82.0 Å². The van der Waals surface area contributed by atoms with Crippen molar-refractivity contribution in [3.8, 4) is 6.07 Å². The summed E-state index contributed by atoms with van der Waals surface area (Å²) < 4.78 is 0. The van der Waals surface area contributed by atoms with Crippen molar-refractivity contribution < 1.29 is 9.59 Å². The minimum atomic E-state index is -0.404. The number of carbonyl (C=O) groups excluding carboxylic acids is 2. The van der Waals surface area contributed by atoms with E-state index in [9.17, 15) is 9.59 Å². The van der Waals surface area contributed by atoms with E-state index in [1.807, 2.05) is 31.2 Å². The van der Waals surface area contributed by atoms with Crippen LogP contribution < -0.4 is 10.6 Å². The number of nitrogens with one attached hydrogen (secondary N) is 2. The fourth-order valence-electron chi connectivity index (χ4n) is 1.86. The molecular weight excluding hydrogens is 278 g/mol. The highest BCUT2D eigenvalue weighted by Crippen LogP contribution is 2.14. The summed E-state index contributed by atoms with van der Waals surface area (Å²) in [5, 5.41) is 13.8. The van der Waals surface area contributed by atoms with Gasteiger partial charge in [0, 0.05) is 16.9 Å². The Bertz CT molecular complexity index is 730. The third kappa shape index (κ3) is 4.18. The van der Waals surface area contributed by atoms with Crippen molar-refractivity contribution in [2.24, 2.45) is 0 Å². The summed E-state index contributed by atoms with van der Waals surface area (Å²) in [7, 11) is 0. The Morgan fingerprint density at radius 2 is 1.77 bits per heavy atom. The summed E-state index contributed by atoms with van der Waals surface area (Å²) in [5.74, 6) is -0.668. The summed E-state index contributed by atoms with van der Waals surface area (Å²) in [6.45, 7) is 1.97. The molecule has 0 aliphatic carbocycles. The van der Waals surface area contributed by atoms with Gasteiger partial charge in [-0.25, -0.2) is 0 Å². The second kappa shape index (κ2) is 7.04. The van der Waals surface area contributed by atoms with Gasteiger partial charge in [-0.15, -0.1) is 0 Å². The summed E-state index contributed by atoms with van der Waals surface area (Å²) in [6, 6.07) is 15.8. The van der Waals surface area contributed by atoms with E-state index < -0.39 is 5.91 Å². The second-order valence-corrected chi connectivity index (χ2v) is 4.78. The average Bonchev–Trinajstić information content (AvgIpc) is 2.50. The van der Waals surface area contributed by atoms with Gasteiger partial charge in [0.15, 0.2) is 0 Å². The van der Waals surface area contributed by atoms with Crippen LogP contribution in [-0.2, 0) is 4.79 Å². The molecule has 0 heterocycles. The van der Waals surface area contributed by atoms with Gasteiger partial charge in [0.2, 0.25) is 5.91 Å². The number of nitriles is 1. The van der Waals surface area contributed by atoms with Gasteiger partial charge in [-0.05, 0) is 37.3 Å². The van der Waals surface area contributed by atoms with Gasteiger partial charge in [0.1, 0.15) is 6.42 Å². The Morgan fingerprint density at radius 1 is 1.05 bits per heavy atom. The number of anilines is 2. The van der Waals surface area contributed by atoms with Crippen LogP contribution in [0.5, 0.6) is 0 Å². The Kier molecular flexibility index (Phi) is 4.89. The van der Waals surface area contributed by atoms with Crippen molar-refractivity contribution in [3.05, 3.63) is 59.7 Å². The molecule has 0 radical (unpaired) electrons. The predicted molar refractivity (Wildman–Crippen MR) is 84.4 cm³/mol. The van der Waals surface area contributed by atoms with Crippen LogP contribution in [0.4, 0.5) is 11.4 Å². The van der Waals surface area contributed by atoms with Crippen LogP contribution in [0.3, 0.4) is 0 Å². The fraction of sp³-hybridized carbons (Fsp3) is 0.118. The van der Waals surface area contributed by atoms with Crippen LogP contribution in [0.15, 0.2) is 48.5 Å². The van der Waals surface area contributed by atoms with Gasteiger partial charge < -0.3 is 10.6 Å². The molecule has 2 N–H and O–H groups in total. The van der Waals surface area contributed by atoms with Crippen LogP contribution in [0.1, 0.15) is 22.3 Å². The molecule has 0 bridgehead atoms. The first-order valence-corrected chi connectivity index (χ1v) is 6.73. The zero-order chi connectivity index (χ0) is 15.9. The van der Waals surface area contributed by atoms with Crippen molar-refractivity contribution in [1.29, 1.82) is 5.26 Å². The molecule has 2 aromatic carbocycles. The lowest BCUT2D eigenvalue weighted by atomic mass is 10.1. The van der Waals surface area contributed by atoms with Crippen molar-refractivity contribution in [3.63, 3.8) is 0 Å². The van der Waals surface area contributed by atoms with Crippen molar-refractivity contribution >= 4 is 23.2 Å². The molecule has 0 atom stereocenters. The van der Waals surface area contributed by atoms with Gasteiger partial charge >= 0.3 is 0 Å². The molecular formula is C17H15N3O2. The molecule has 2 rings (SSSR count).